The van der Waals surface area contributed by atoms with E-state index in [-0.39, 0.29) is 0 Å². The maximum absolute atomic E-state index is 6.25. The van der Waals surface area contributed by atoms with Crippen LogP contribution in [0.25, 0.3) is 0 Å². The summed E-state index contributed by atoms with van der Waals surface area (Å²) in [6.45, 7) is 4.50. The molecule has 0 bridgehead atoms. The van der Waals surface area contributed by atoms with Crippen LogP contribution in [0.3, 0.4) is 0 Å². The maximum atomic E-state index is 6.25. The van der Waals surface area contributed by atoms with Crippen molar-refractivity contribution in [3.05, 3.63) is 0 Å². The highest BCUT2D eigenvalue weighted by molar-refractivity contribution is 4.93. The predicted molar refractivity (Wildman–Crippen MR) is 67.7 cm³/mol. The quantitative estimate of drug-likeness (QED) is 0.701. The lowest BCUT2D eigenvalue weighted by molar-refractivity contribution is -0.0350. The van der Waals surface area contributed by atoms with Gasteiger partial charge in [0, 0.05) is 6.54 Å². The van der Waals surface area contributed by atoms with E-state index in [1.807, 2.05) is 0 Å². The van der Waals surface area contributed by atoms with Crippen molar-refractivity contribution in [3.63, 3.8) is 0 Å². The van der Waals surface area contributed by atoms with E-state index in [4.69, 9.17) is 4.74 Å². The SMILES string of the molecule is CCCCCNCC1CCC2(CCCC2)O1. The second-order valence-corrected chi connectivity index (χ2v) is 5.58. The van der Waals surface area contributed by atoms with E-state index in [1.54, 1.807) is 0 Å². The molecule has 1 saturated heterocycles. The molecule has 0 radical (unpaired) electrons. The zero-order valence-electron chi connectivity index (χ0n) is 10.8. The molecule has 0 amide bonds. The predicted octanol–water partition coefficient (Wildman–Crippen LogP) is 3.26. The van der Waals surface area contributed by atoms with Crippen molar-refractivity contribution in [2.24, 2.45) is 0 Å². The molecule has 2 aliphatic rings. The Morgan fingerprint density at radius 2 is 2.00 bits per heavy atom. The minimum Gasteiger partial charge on any atom is -0.370 e. The lowest BCUT2D eigenvalue weighted by Crippen LogP contribution is -2.31. The summed E-state index contributed by atoms with van der Waals surface area (Å²) in [7, 11) is 0. The Bertz CT molecular complexity index is 199. The summed E-state index contributed by atoms with van der Waals surface area (Å²) in [6.07, 6.45) is 12.5. The Morgan fingerprint density at radius 3 is 2.75 bits per heavy atom. The molecule has 16 heavy (non-hydrogen) atoms. The van der Waals surface area contributed by atoms with Crippen LogP contribution >= 0.6 is 0 Å². The van der Waals surface area contributed by atoms with Crippen molar-refractivity contribution in [2.45, 2.75) is 76.4 Å². The van der Waals surface area contributed by atoms with Crippen LogP contribution in [0.5, 0.6) is 0 Å². The first-order valence-corrected chi connectivity index (χ1v) is 7.23. The van der Waals surface area contributed by atoms with Gasteiger partial charge in [0.1, 0.15) is 0 Å². The minimum atomic E-state index is 0.315. The van der Waals surface area contributed by atoms with Gasteiger partial charge in [-0.2, -0.15) is 0 Å². The number of ether oxygens (including phenoxy) is 1. The van der Waals surface area contributed by atoms with Crippen LogP contribution in [-0.4, -0.2) is 24.8 Å². The Balaban J connectivity index is 1.58. The fraction of sp³-hybridized carbons (Fsp3) is 1.00. The monoisotopic (exact) mass is 225 g/mol. The van der Waals surface area contributed by atoms with Crippen molar-refractivity contribution >= 4 is 0 Å². The van der Waals surface area contributed by atoms with Gasteiger partial charge in [-0.15, -0.1) is 0 Å². The molecule has 0 aromatic carbocycles. The van der Waals surface area contributed by atoms with Crippen molar-refractivity contribution in [2.75, 3.05) is 13.1 Å². The highest BCUT2D eigenvalue weighted by Crippen LogP contribution is 2.43. The van der Waals surface area contributed by atoms with Crippen LogP contribution in [0.15, 0.2) is 0 Å². The molecule has 0 aromatic heterocycles. The van der Waals surface area contributed by atoms with E-state index in [0.29, 0.717) is 11.7 Å². The molecule has 1 atom stereocenters. The zero-order valence-corrected chi connectivity index (χ0v) is 10.8. The van der Waals surface area contributed by atoms with Gasteiger partial charge >= 0.3 is 0 Å². The van der Waals surface area contributed by atoms with Crippen molar-refractivity contribution in [1.82, 2.24) is 5.32 Å². The van der Waals surface area contributed by atoms with Gasteiger partial charge < -0.3 is 10.1 Å². The van der Waals surface area contributed by atoms with Gasteiger partial charge in [0.15, 0.2) is 0 Å². The number of rotatable bonds is 6. The van der Waals surface area contributed by atoms with Crippen LogP contribution in [0.2, 0.25) is 0 Å². The summed E-state index contributed by atoms with van der Waals surface area (Å²) < 4.78 is 6.25. The standard InChI is InChI=1S/C14H27NO/c1-2-3-6-11-15-12-13-7-10-14(16-13)8-4-5-9-14/h13,15H,2-12H2,1H3. The molecule has 1 spiro atoms. The summed E-state index contributed by atoms with van der Waals surface area (Å²) >= 11 is 0. The number of unbranched alkanes of at least 4 members (excludes halogenated alkanes) is 2. The molecule has 1 aliphatic heterocycles. The lowest BCUT2D eigenvalue weighted by Gasteiger charge is -2.23. The Labute approximate surface area is 100 Å². The third kappa shape index (κ3) is 3.21. The minimum absolute atomic E-state index is 0.315. The van der Waals surface area contributed by atoms with Crippen LogP contribution in [0.1, 0.15) is 64.7 Å². The van der Waals surface area contributed by atoms with Gasteiger partial charge in [0.25, 0.3) is 0 Å². The summed E-state index contributed by atoms with van der Waals surface area (Å²) in [4.78, 5) is 0. The van der Waals surface area contributed by atoms with E-state index in [1.165, 1.54) is 64.3 Å². The normalized spacial score (nSPS) is 27.9. The van der Waals surface area contributed by atoms with E-state index >= 15 is 0 Å². The first kappa shape index (κ1) is 12.4. The molecule has 2 rings (SSSR count). The van der Waals surface area contributed by atoms with Gasteiger partial charge in [-0.05, 0) is 38.6 Å². The average Bonchev–Trinajstić information content (AvgIpc) is 2.90. The smallest absolute Gasteiger partial charge is 0.0708 e. The van der Waals surface area contributed by atoms with Crippen LogP contribution < -0.4 is 5.32 Å². The van der Waals surface area contributed by atoms with Gasteiger partial charge in [-0.1, -0.05) is 32.6 Å². The molecule has 1 heterocycles. The Hall–Kier alpha value is -0.0800. The fourth-order valence-electron chi connectivity index (χ4n) is 3.19. The molecule has 1 aliphatic carbocycles. The largest absolute Gasteiger partial charge is 0.370 e. The van der Waals surface area contributed by atoms with Gasteiger partial charge in [0.05, 0.1) is 11.7 Å². The third-order valence-electron chi connectivity index (χ3n) is 4.18. The van der Waals surface area contributed by atoms with Crippen LogP contribution in [-0.2, 0) is 4.74 Å². The Kier molecular flexibility index (Phi) is 4.66. The molecule has 2 fully saturated rings. The summed E-state index contributed by atoms with van der Waals surface area (Å²) in [5.41, 5.74) is 0.315. The maximum Gasteiger partial charge on any atom is 0.0708 e. The average molecular weight is 225 g/mol. The first-order chi connectivity index (χ1) is 7.85. The van der Waals surface area contributed by atoms with Gasteiger partial charge in [0.2, 0.25) is 0 Å². The van der Waals surface area contributed by atoms with Crippen LogP contribution in [0, 0.1) is 0 Å². The lowest BCUT2D eigenvalue weighted by atomic mass is 9.98. The number of hydrogen-bond acceptors (Lipinski definition) is 2. The number of hydrogen-bond donors (Lipinski definition) is 1. The zero-order chi connectivity index (χ0) is 11.3. The van der Waals surface area contributed by atoms with E-state index in [9.17, 15) is 0 Å². The molecule has 94 valence electrons. The highest BCUT2D eigenvalue weighted by atomic mass is 16.5. The van der Waals surface area contributed by atoms with E-state index < -0.39 is 0 Å². The topological polar surface area (TPSA) is 21.3 Å². The second-order valence-electron chi connectivity index (χ2n) is 5.58. The molecule has 0 aromatic rings. The highest BCUT2D eigenvalue weighted by Gasteiger charge is 2.41. The molecule has 1 saturated carbocycles. The second kappa shape index (κ2) is 6.02. The van der Waals surface area contributed by atoms with Gasteiger partial charge in [-0.25, -0.2) is 0 Å². The molecule has 2 heteroatoms. The molecule has 2 nitrogen and oxygen atoms in total. The molecular weight excluding hydrogens is 198 g/mol. The molecular formula is C14H27NO. The van der Waals surface area contributed by atoms with Crippen molar-refractivity contribution < 1.29 is 4.74 Å². The summed E-state index contributed by atoms with van der Waals surface area (Å²) in [5.74, 6) is 0. The fourth-order valence-corrected chi connectivity index (χ4v) is 3.19. The van der Waals surface area contributed by atoms with Crippen molar-refractivity contribution in [1.29, 1.82) is 0 Å². The molecule has 1 unspecified atom stereocenters. The number of nitrogens with one attached hydrogen (secondary N) is 1. The molecule has 1 N–H and O–H groups in total. The third-order valence-corrected chi connectivity index (χ3v) is 4.18. The summed E-state index contributed by atoms with van der Waals surface area (Å²) in [6, 6.07) is 0. The van der Waals surface area contributed by atoms with Crippen LogP contribution in [0.4, 0.5) is 0 Å². The first-order valence-electron chi connectivity index (χ1n) is 7.23. The van der Waals surface area contributed by atoms with E-state index in [2.05, 4.69) is 12.2 Å². The van der Waals surface area contributed by atoms with Gasteiger partial charge in [-0.3, -0.25) is 0 Å². The Morgan fingerprint density at radius 1 is 1.19 bits per heavy atom. The summed E-state index contributed by atoms with van der Waals surface area (Å²) in [5, 5.41) is 3.54. The van der Waals surface area contributed by atoms with E-state index in [0.717, 1.165) is 6.54 Å². The van der Waals surface area contributed by atoms with Crippen molar-refractivity contribution in [3.8, 4) is 0 Å².